The fraction of sp³-hybridized carbons (Fsp3) is 0.833. The van der Waals surface area contributed by atoms with E-state index >= 15 is 0 Å². The van der Waals surface area contributed by atoms with Crippen molar-refractivity contribution in [1.29, 1.82) is 0 Å². The van der Waals surface area contributed by atoms with Gasteiger partial charge in [-0.1, -0.05) is 13.8 Å². The maximum atomic E-state index is 12.3. The van der Waals surface area contributed by atoms with Crippen LogP contribution in [0.4, 0.5) is 0 Å². The number of rotatable bonds is 4. The predicted molar refractivity (Wildman–Crippen MR) is 60.8 cm³/mol. The fourth-order valence-electron chi connectivity index (χ4n) is 2.40. The molecule has 90 valence electrons. The molecular weight excluding hydrogens is 204 g/mol. The second-order valence-electron chi connectivity index (χ2n) is 4.97. The van der Waals surface area contributed by atoms with Crippen molar-refractivity contribution in [2.45, 2.75) is 45.1 Å². The van der Waals surface area contributed by atoms with Gasteiger partial charge in [0.1, 0.15) is 5.54 Å². The SMILES string of the molecule is CCC1(CC)NC(=O)CN(CC2CC2)C1=O. The van der Waals surface area contributed by atoms with Crippen molar-refractivity contribution in [2.75, 3.05) is 13.1 Å². The van der Waals surface area contributed by atoms with Gasteiger partial charge in [-0.05, 0) is 31.6 Å². The highest BCUT2D eigenvalue weighted by molar-refractivity contribution is 5.97. The van der Waals surface area contributed by atoms with E-state index in [-0.39, 0.29) is 18.4 Å². The van der Waals surface area contributed by atoms with E-state index < -0.39 is 5.54 Å². The maximum Gasteiger partial charge on any atom is 0.248 e. The average molecular weight is 224 g/mol. The van der Waals surface area contributed by atoms with Gasteiger partial charge in [0.05, 0.1) is 6.54 Å². The molecule has 0 aromatic rings. The van der Waals surface area contributed by atoms with E-state index in [0.717, 1.165) is 6.54 Å². The minimum atomic E-state index is -0.635. The van der Waals surface area contributed by atoms with Crippen molar-refractivity contribution in [1.82, 2.24) is 10.2 Å². The lowest BCUT2D eigenvalue weighted by molar-refractivity contribution is -0.150. The summed E-state index contributed by atoms with van der Waals surface area (Å²) in [6.07, 6.45) is 3.76. The van der Waals surface area contributed by atoms with Crippen LogP contribution in [0.2, 0.25) is 0 Å². The second kappa shape index (κ2) is 4.07. The van der Waals surface area contributed by atoms with Gasteiger partial charge >= 0.3 is 0 Å². The quantitative estimate of drug-likeness (QED) is 0.771. The molecule has 0 spiro atoms. The van der Waals surface area contributed by atoms with E-state index in [0.29, 0.717) is 18.8 Å². The lowest BCUT2D eigenvalue weighted by Gasteiger charge is -2.41. The van der Waals surface area contributed by atoms with Gasteiger partial charge in [-0.2, -0.15) is 0 Å². The third-order valence-corrected chi connectivity index (χ3v) is 3.79. The fourth-order valence-corrected chi connectivity index (χ4v) is 2.40. The molecule has 0 unspecified atom stereocenters. The minimum Gasteiger partial charge on any atom is -0.340 e. The summed E-state index contributed by atoms with van der Waals surface area (Å²) < 4.78 is 0. The topological polar surface area (TPSA) is 49.4 Å². The number of amides is 2. The van der Waals surface area contributed by atoms with Gasteiger partial charge in [-0.3, -0.25) is 9.59 Å². The van der Waals surface area contributed by atoms with Crippen molar-refractivity contribution >= 4 is 11.8 Å². The number of nitrogens with one attached hydrogen (secondary N) is 1. The summed E-state index contributed by atoms with van der Waals surface area (Å²) in [5, 5.41) is 2.87. The normalized spacial score (nSPS) is 24.5. The van der Waals surface area contributed by atoms with Crippen LogP contribution in [0.5, 0.6) is 0 Å². The number of carbonyl (C=O) groups is 2. The Kier molecular flexibility index (Phi) is 2.91. The lowest BCUT2D eigenvalue weighted by Crippen LogP contribution is -2.66. The molecule has 0 bridgehead atoms. The smallest absolute Gasteiger partial charge is 0.248 e. The highest BCUT2D eigenvalue weighted by Crippen LogP contribution is 2.31. The number of hydrogen-bond donors (Lipinski definition) is 1. The Labute approximate surface area is 96.4 Å². The Morgan fingerprint density at radius 1 is 1.31 bits per heavy atom. The zero-order valence-electron chi connectivity index (χ0n) is 10.1. The van der Waals surface area contributed by atoms with Gasteiger partial charge in [-0.15, -0.1) is 0 Å². The van der Waals surface area contributed by atoms with Crippen molar-refractivity contribution < 1.29 is 9.59 Å². The van der Waals surface area contributed by atoms with Crippen LogP contribution in [0, 0.1) is 5.92 Å². The van der Waals surface area contributed by atoms with E-state index in [2.05, 4.69) is 5.32 Å². The summed E-state index contributed by atoms with van der Waals surface area (Å²) in [6.45, 7) is 4.94. The van der Waals surface area contributed by atoms with Crippen LogP contribution in [0.25, 0.3) is 0 Å². The van der Waals surface area contributed by atoms with Gasteiger partial charge in [0.2, 0.25) is 11.8 Å². The zero-order valence-corrected chi connectivity index (χ0v) is 10.1. The number of carbonyl (C=O) groups excluding carboxylic acids is 2. The molecule has 4 heteroatoms. The first-order valence-electron chi connectivity index (χ1n) is 6.21. The van der Waals surface area contributed by atoms with E-state index in [1.807, 2.05) is 13.8 Å². The lowest BCUT2D eigenvalue weighted by atomic mass is 9.89. The van der Waals surface area contributed by atoms with Crippen molar-refractivity contribution in [3.8, 4) is 0 Å². The minimum absolute atomic E-state index is 0.0102. The first-order chi connectivity index (χ1) is 7.61. The van der Waals surface area contributed by atoms with Crippen LogP contribution in [0.1, 0.15) is 39.5 Å². The van der Waals surface area contributed by atoms with Gasteiger partial charge in [-0.25, -0.2) is 0 Å². The molecule has 1 heterocycles. The summed E-state index contributed by atoms with van der Waals surface area (Å²) >= 11 is 0. The van der Waals surface area contributed by atoms with Crippen molar-refractivity contribution in [3.63, 3.8) is 0 Å². The molecule has 4 nitrogen and oxygen atoms in total. The van der Waals surface area contributed by atoms with Crippen molar-refractivity contribution in [3.05, 3.63) is 0 Å². The zero-order chi connectivity index (χ0) is 11.8. The maximum absolute atomic E-state index is 12.3. The summed E-state index contributed by atoms with van der Waals surface area (Å²) in [4.78, 5) is 25.7. The van der Waals surface area contributed by atoms with Crippen LogP contribution < -0.4 is 5.32 Å². The van der Waals surface area contributed by atoms with Crippen LogP contribution in [0.3, 0.4) is 0 Å². The molecule has 1 saturated heterocycles. The average Bonchev–Trinajstić information content (AvgIpc) is 3.07. The first-order valence-corrected chi connectivity index (χ1v) is 6.21. The molecule has 2 fully saturated rings. The Morgan fingerprint density at radius 3 is 2.44 bits per heavy atom. The largest absolute Gasteiger partial charge is 0.340 e. The monoisotopic (exact) mass is 224 g/mol. The predicted octanol–water partition coefficient (Wildman–Crippen LogP) is 0.914. The van der Waals surface area contributed by atoms with Gasteiger partial charge in [0.25, 0.3) is 0 Å². The van der Waals surface area contributed by atoms with Crippen LogP contribution in [0.15, 0.2) is 0 Å². The number of nitrogens with zero attached hydrogens (tertiary/aromatic N) is 1. The number of piperazine rings is 1. The Balaban J connectivity index is 2.13. The van der Waals surface area contributed by atoms with Crippen LogP contribution in [-0.2, 0) is 9.59 Å². The Bertz CT molecular complexity index is 306. The van der Waals surface area contributed by atoms with E-state index in [4.69, 9.17) is 0 Å². The molecule has 2 rings (SSSR count). The summed E-state index contributed by atoms with van der Waals surface area (Å²) in [7, 11) is 0. The van der Waals surface area contributed by atoms with Crippen molar-refractivity contribution in [2.24, 2.45) is 5.92 Å². The Morgan fingerprint density at radius 2 is 1.94 bits per heavy atom. The highest BCUT2D eigenvalue weighted by atomic mass is 16.2. The third-order valence-electron chi connectivity index (χ3n) is 3.79. The summed E-state index contributed by atoms with van der Waals surface area (Å²) in [5.41, 5.74) is -0.635. The molecule has 0 aromatic carbocycles. The molecule has 2 aliphatic rings. The molecule has 2 amide bonds. The van der Waals surface area contributed by atoms with Crippen LogP contribution >= 0.6 is 0 Å². The second-order valence-corrected chi connectivity index (χ2v) is 4.97. The Hall–Kier alpha value is -1.06. The highest BCUT2D eigenvalue weighted by Gasteiger charge is 2.44. The van der Waals surface area contributed by atoms with Gasteiger partial charge in [0, 0.05) is 6.54 Å². The molecule has 0 radical (unpaired) electrons. The molecular formula is C12H20N2O2. The van der Waals surface area contributed by atoms with Crippen LogP contribution in [-0.4, -0.2) is 35.3 Å². The molecule has 1 aliphatic carbocycles. The molecule has 0 aromatic heterocycles. The van der Waals surface area contributed by atoms with E-state index in [1.165, 1.54) is 12.8 Å². The molecule has 1 N–H and O–H groups in total. The molecule has 1 saturated carbocycles. The first kappa shape index (κ1) is 11.4. The van der Waals surface area contributed by atoms with Gasteiger partial charge in [0.15, 0.2) is 0 Å². The van der Waals surface area contributed by atoms with E-state index in [9.17, 15) is 9.59 Å². The summed E-state index contributed by atoms with van der Waals surface area (Å²) in [6, 6.07) is 0. The summed E-state index contributed by atoms with van der Waals surface area (Å²) in [5.74, 6) is 0.745. The number of hydrogen-bond acceptors (Lipinski definition) is 2. The molecule has 1 aliphatic heterocycles. The molecule has 16 heavy (non-hydrogen) atoms. The van der Waals surface area contributed by atoms with E-state index in [1.54, 1.807) is 4.90 Å². The standard InChI is InChI=1S/C12H20N2O2/c1-3-12(4-2)11(16)14(7-9-5-6-9)8-10(15)13-12/h9H,3-8H2,1-2H3,(H,13,15). The third kappa shape index (κ3) is 1.93. The van der Waals surface area contributed by atoms with Gasteiger partial charge < -0.3 is 10.2 Å². The molecule has 0 atom stereocenters.